The number of aromatic nitrogens is 1. The first-order valence-corrected chi connectivity index (χ1v) is 7.69. The minimum atomic E-state index is -0.717. The van der Waals surface area contributed by atoms with Crippen molar-refractivity contribution in [2.75, 3.05) is 0 Å². The van der Waals surface area contributed by atoms with Gasteiger partial charge in [0.2, 0.25) is 0 Å². The Bertz CT molecular complexity index is 666. The molecule has 1 N–H and O–H groups in total. The van der Waals surface area contributed by atoms with E-state index in [0.29, 0.717) is 0 Å². The van der Waals surface area contributed by atoms with Gasteiger partial charge in [-0.1, -0.05) is 37.8 Å². The van der Waals surface area contributed by atoms with Crippen molar-refractivity contribution in [1.82, 2.24) is 4.98 Å². The van der Waals surface area contributed by atoms with Gasteiger partial charge in [0.25, 0.3) is 0 Å². The summed E-state index contributed by atoms with van der Waals surface area (Å²) >= 11 is 0. The van der Waals surface area contributed by atoms with Crippen LogP contribution in [0.4, 0.5) is 0 Å². The largest absolute Gasteiger partial charge is 0.387 e. The van der Waals surface area contributed by atoms with E-state index in [1.54, 1.807) is 6.20 Å². The van der Waals surface area contributed by atoms with Crippen molar-refractivity contribution in [2.24, 2.45) is 5.41 Å². The molecule has 1 saturated carbocycles. The van der Waals surface area contributed by atoms with Crippen LogP contribution in [0.15, 0.2) is 36.5 Å². The van der Waals surface area contributed by atoms with Gasteiger partial charge in [0.15, 0.2) is 0 Å². The zero-order valence-electron chi connectivity index (χ0n) is 12.1. The number of fused-ring (bicyclic) bond motifs is 1. The summed E-state index contributed by atoms with van der Waals surface area (Å²) in [7, 11) is 0. The number of aliphatic hydroxyl groups is 1. The molecule has 0 radical (unpaired) electrons. The molecule has 0 bridgehead atoms. The van der Waals surface area contributed by atoms with Crippen LogP contribution in [0.1, 0.15) is 50.2 Å². The maximum absolute atomic E-state index is 10.8. The molecule has 0 aliphatic heterocycles. The summed E-state index contributed by atoms with van der Waals surface area (Å²) in [5.74, 6) is 0. The minimum Gasteiger partial charge on any atom is -0.387 e. The van der Waals surface area contributed by atoms with Gasteiger partial charge in [-0.2, -0.15) is 5.26 Å². The summed E-state index contributed by atoms with van der Waals surface area (Å²) in [6.07, 6.45) is 7.01. The number of hydrogen-bond acceptors (Lipinski definition) is 3. The number of aliphatic hydroxyl groups excluding tert-OH is 1. The van der Waals surface area contributed by atoms with E-state index in [0.717, 1.165) is 55.0 Å². The van der Waals surface area contributed by atoms with E-state index < -0.39 is 11.5 Å². The SMILES string of the molecule is N#CC1(C(O)c2ccc3ncccc3c2)CCCCCC1. The highest BCUT2D eigenvalue weighted by atomic mass is 16.3. The third-order valence-electron chi connectivity index (χ3n) is 4.68. The Morgan fingerprint density at radius 1 is 1.14 bits per heavy atom. The molecule has 1 aromatic heterocycles. The fourth-order valence-corrected chi connectivity index (χ4v) is 3.39. The molecule has 21 heavy (non-hydrogen) atoms. The third-order valence-corrected chi connectivity index (χ3v) is 4.68. The van der Waals surface area contributed by atoms with Crippen molar-refractivity contribution in [3.05, 3.63) is 42.1 Å². The number of hydrogen-bond donors (Lipinski definition) is 1. The normalized spacial score (nSPS) is 19.6. The summed E-state index contributed by atoms with van der Waals surface area (Å²) in [6.45, 7) is 0. The Morgan fingerprint density at radius 2 is 1.90 bits per heavy atom. The molecular formula is C18H20N2O. The average Bonchev–Trinajstić information content (AvgIpc) is 2.80. The van der Waals surface area contributed by atoms with Gasteiger partial charge in [-0.15, -0.1) is 0 Å². The molecule has 1 fully saturated rings. The lowest BCUT2D eigenvalue weighted by Gasteiger charge is -2.31. The molecule has 3 nitrogen and oxygen atoms in total. The molecule has 1 heterocycles. The molecule has 0 spiro atoms. The second-order valence-electron chi connectivity index (χ2n) is 6.04. The fraction of sp³-hybridized carbons (Fsp3) is 0.444. The quantitative estimate of drug-likeness (QED) is 0.841. The van der Waals surface area contributed by atoms with Crippen molar-refractivity contribution in [2.45, 2.75) is 44.6 Å². The van der Waals surface area contributed by atoms with E-state index in [9.17, 15) is 10.4 Å². The lowest BCUT2D eigenvalue weighted by molar-refractivity contribution is 0.0517. The zero-order chi connectivity index (χ0) is 14.7. The summed E-state index contributed by atoms with van der Waals surface area (Å²) in [5.41, 5.74) is 1.12. The Hall–Kier alpha value is -1.92. The van der Waals surface area contributed by atoms with Gasteiger partial charge in [0.05, 0.1) is 23.1 Å². The summed E-state index contributed by atoms with van der Waals surface area (Å²) in [4.78, 5) is 4.30. The maximum atomic E-state index is 10.8. The molecule has 1 aliphatic carbocycles. The smallest absolute Gasteiger partial charge is 0.0976 e. The van der Waals surface area contributed by atoms with Gasteiger partial charge in [0, 0.05) is 11.6 Å². The monoisotopic (exact) mass is 280 g/mol. The van der Waals surface area contributed by atoms with E-state index in [1.807, 2.05) is 30.3 Å². The van der Waals surface area contributed by atoms with Crippen LogP contribution in [0.2, 0.25) is 0 Å². The van der Waals surface area contributed by atoms with E-state index in [2.05, 4.69) is 11.1 Å². The summed E-state index contributed by atoms with van der Waals surface area (Å²) in [6, 6.07) is 12.1. The van der Waals surface area contributed by atoms with Crippen LogP contribution >= 0.6 is 0 Å². The predicted octanol–water partition coefficient (Wildman–Crippen LogP) is 4.13. The average molecular weight is 280 g/mol. The first-order chi connectivity index (χ1) is 10.2. The Kier molecular flexibility index (Phi) is 3.90. The van der Waals surface area contributed by atoms with Crippen molar-refractivity contribution in [3.8, 4) is 6.07 Å². The number of nitrogens with zero attached hydrogens (tertiary/aromatic N) is 2. The van der Waals surface area contributed by atoms with E-state index in [4.69, 9.17) is 0 Å². The van der Waals surface area contributed by atoms with Crippen LogP contribution in [-0.2, 0) is 0 Å². The lowest BCUT2D eigenvalue weighted by atomic mass is 9.74. The van der Waals surface area contributed by atoms with Crippen molar-refractivity contribution >= 4 is 10.9 Å². The van der Waals surface area contributed by atoms with Crippen LogP contribution in [0.25, 0.3) is 10.9 Å². The minimum absolute atomic E-state index is 0.633. The van der Waals surface area contributed by atoms with Gasteiger partial charge in [-0.05, 0) is 36.6 Å². The predicted molar refractivity (Wildman–Crippen MR) is 82.5 cm³/mol. The highest BCUT2D eigenvalue weighted by Gasteiger charge is 2.39. The first-order valence-electron chi connectivity index (χ1n) is 7.69. The van der Waals surface area contributed by atoms with Gasteiger partial charge < -0.3 is 5.11 Å². The Labute approximate surface area is 125 Å². The van der Waals surface area contributed by atoms with Crippen LogP contribution in [0.5, 0.6) is 0 Å². The van der Waals surface area contributed by atoms with Crippen LogP contribution in [-0.4, -0.2) is 10.1 Å². The van der Waals surface area contributed by atoms with E-state index in [1.165, 1.54) is 0 Å². The third kappa shape index (κ3) is 2.64. The molecule has 1 unspecified atom stereocenters. The van der Waals surface area contributed by atoms with E-state index in [-0.39, 0.29) is 0 Å². The first kappa shape index (κ1) is 14.0. The van der Waals surface area contributed by atoms with Crippen LogP contribution < -0.4 is 0 Å². The summed E-state index contributed by atoms with van der Waals surface area (Å²) < 4.78 is 0. The number of nitriles is 1. The van der Waals surface area contributed by atoms with Gasteiger partial charge in [-0.3, -0.25) is 4.98 Å². The van der Waals surface area contributed by atoms with Crippen LogP contribution in [0.3, 0.4) is 0 Å². The fourth-order valence-electron chi connectivity index (χ4n) is 3.39. The van der Waals surface area contributed by atoms with Crippen molar-refractivity contribution in [3.63, 3.8) is 0 Å². The second-order valence-corrected chi connectivity index (χ2v) is 6.04. The van der Waals surface area contributed by atoms with E-state index >= 15 is 0 Å². The highest BCUT2D eigenvalue weighted by Crippen LogP contribution is 2.44. The van der Waals surface area contributed by atoms with Gasteiger partial charge in [0.1, 0.15) is 0 Å². The Morgan fingerprint density at radius 3 is 2.62 bits per heavy atom. The Balaban J connectivity index is 1.97. The standard InChI is InChI=1S/C18H20N2O/c19-13-18(9-3-1-2-4-10-18)17(21)15-7-8-16-14(12-15)6-5-11-20-16/h5-8,11-12,17,21H,1-4,9-10H2. The molecular weight excluding hydrogens is 260 g/mol. The second kappa shape index (κ2) is 5.83. The molecule has 2 aromatic rings. The molecule has 1 atom stereocenters. The molecule has 3 rings (SSSR count). The van der Waals surface area contributed by atoms with Crippen molar-refractivity contribution in [1.29, 1.82) is 5.26 Å². The maximum Gasteiger partial charge on any atom is 0.0976 e. The van der Waals surface area contributed by atoms with Crippen molar-refractivity contribution < 1.29 is 5.11 Å². The molecule has 1 aromatic carbocycles. The van der Waals surface area contributed by atoms with Gasteiger partial charge >= 0.3 is 0 Å². The molecule has 3 heteroatoms. The number of benzene rings is 1. The molecule has 108 valence electrons. The topological polar surface area (TPSA) is 56.9 Å². The lowest BCUT2D eigenvalue weighted by Crippen LogP contribution is -2.27. The summed E-state index contributed by atoms with van der Waals surface area (Å²) in [5, 5.41) is 21.5. The molecule has 0 amide bonds. The molecule has 0 saturated heterocycles. The number of pyridine rings is 1. The molecule has 1 aliphatic rings. The van der Waals surface area contributed by atoms with Gasteiger partial charge in [-0.25, -0.2) is 0 Å². The highest BCUT2D eigenvalue weighted by molar-refractivity contribution is 5.79. The number of rotatable bonds is 2. The van der Waals surface area contributed by atoms with Crippen LogP contribution in [0, 0.1) is 16.7 Å². The zero-order valence-corrected chi connectivity index (χ0v) is 12.1.